The number of nitriles is 1. The van der Waals surface area contributed by atoms with Crippen molar-refractivity contribution in [1.82, 2.24) is 0 Å². The average molecular weight is 302 g/mol. The van der Waals surface area contributed by atoms with Crippen LogP contribution in [0.15, 0.2) is 0 Å². The van der Waals surface area contributed by atoms with E-state index in [0.29, 0.717) is 0 Å². The molecule has 124 valence electrons. The number of hydrogen-bond acceptors (Lipinski definition) is 1. The molecular formula is C21H35N. The van der Waals surface area contributed by atoms with Crippen LogP contribution in [0.25, 0.3) is 0 Å². The molecule has 0 aromatic heterocycles. The van der Waals surface area contributed by atoms with Crippen molar-refractivity contribution in [3.05, 3.63) is 0 Å². The Hall–Kier alpha value is -0.510. The van der Waals surface area contributed by atoms with E-state index in [1.807, 2.05) is 0 Å². The van der Waals surface area contributed by atoms with Gasteiger partial charge >= 0.3 is 0 Å². The van der Waals surface area contributed by atoms with Crippen molar-refractivity contribution in [2.24, 2.45) is 35.0 Å². The molecule has 0 aromatic carbocycles. The summed E-state index contributed by atoms with van der Waals surface area (Å²) in [5.41, 5.74) is 0.0438. The summed E-state index contributed by atoms with van der Waals surface area (Å²) in [5, 5.41) is 9.74. The fourth-order valence-corrected chi connectivity index (χ4v) is 6.56. The van der Waals surface area contributed by atoms with Crippen molar-refractivity contribution < 1.29 is 0 Å². The lowest BCUT2D eigenvalue weighted by molar-refractivity contribution is -0.0176. The summed E-state index contributed by atoms with van der Waals surface area (Å²) in [5.74, 6) is 4.94. The number of hydrogen-bond donors (Lipinski definition) is 0. The molecule has 3 aliphatic carbocycles. The van der Waals surface area contributed by atoms with Crippen LogP contribution in [0.1, 0.15) is 90.9 Å². The molecular weight excluding hydrogens is 266 g/mol. The first kappa shape index (κ1) is 16.4. The molecule has 0 radical (unpaired) electrons. The Morgan fingerprint density at radius 3 is 2.45 bits per heavy atom. The third kappa shape index (κ3) is 3.08. The Balaban J connectivity index is 1.64. The molecule has 0 bridgehead atoms. The molecule has 3 rings (SSSR count). The van der Waals surface area contributed by atoms with Crippen LogP contribution in [0.3, 0.4) is 0 Å². The van der Waals surface area contributed by atoms with Crippen LogP contribution in [0.5, 0.6) is 0 Å². The summed E-state index contributed by atoms with van der Waals surface area (Å²) in [6.07, 6.45) is 16.4. The van der Waals surface area contributed by atoms with Gasteiger partial charge in [0.2, 0.25) is 0 Å². The number of nitrogens with zero attached hydrogens (tertiary/aromatic N) is 1. The molecule has 22 heavy (non-hydrogen) atoms. The van der Waals surface area contributed by atoms with Crippen molar-refractivity contribution >= 4 is 0 Å². The summed E-state index contributed by atoms with van der Waals surface area (Å²) in [6, 6.07) is 2.75. The molecule has 0 aromatic rings. The highest BCUT2D eigenvalue weighted by Gasteiger charge is 2.48. The maximum atomic E-state index is 9.74. The topological polar surface area (TPSA) is 23.8 Å². The lowest BCUT2D eigenvalue weighted by Crippen LogP contribution is -2.44. The van der Waals surface area contributed by atoms with Gasteiger partial charge < -0.3 is 0 Å². The molecule has 0 amide bonds. The highest BCUT2D eigenvalue weighted by Crippen LogP contribution is 2.56. The van der Waals surface area contributed by atoms with Gasteiger partial charge in [0.15, 0.2) is 0 Å². The van der Waals surface area contributed by atoms with E-state index in [0.717, 1.165) is 36.0 Å². The van der Waals surface area contributed by atoms with Crippen LogP contribution in [0.4, 0.5) is 0 Å². The Kier molecular flexibility index (Phi) is 5.16. The van der Waals surface area contributed by atoms with Crippen LogP contribution >= 0.6 is 0 Å². The molecule has 3 aliphatic rings. The second kappa shape index (κ2) is 6.94. The van der Waals surface area contributed by atoms with E-state index in [-0.39, 0.29) is 5.41 Å². The summed E-state index contributed by atoms with van der Waals surface area (Å²) in [7, 11) is 0. The lowest BCUT2D eigenvalue weighted by atomic mass is 9.52. The molecule has 0 saturated heterocycles. The first-order valence-electron chi connectivity index (χ1n) is 10.1. The van der Waals surface area contributed by atoms with E-state index in [1.165, 1.54) is 70.6 Å². The summed E-state index contributed by atoms with van der Waals surface area (Å²) in [4.78, 5) is 0. The number of rotatable bonds is 4. The molecule has 0 N–H and O–H groups in total. The Bertz CT molecular complexity index is 409. The summed E-state index contributed by atoms with van der Waals surface area (Å²) in [6.45, 7) is 4.59. The molecule has 1 nitrogen and oxygen atoms in total. The molecule has 1 heteroatoms. The van der Waals surface area contributed by atoms with Gasteiger partial charge in [0.1, 0.15) is 0 Å². The first-order valence-corrected chi connectivity index (χ1v) is 10.1. The minimum atomic E-state index is 0.0438. The SMILES string of the molecule is CCC[C@H]1CCC2C(CCC3C[C@@](C#N)(CCC)CCC32)C1. The van der Waals surface area contributed by atoms with Gasteiger partial charge in [-0.15, -0.1) is 0 Å². The van der Waals surface area contributed by atoms with Gasteiger partial charge in [-0.25, -0.2) is 0 Å². The molecule has 0 spiro atoms. The summed E-state index contributed by atoms with van der Waals surface area (Å²) >= 11 is 0. The van der Waals surface area contributed by atoms with Gasteiger partial charge in [-0.2, -0.15) is 5.26 Å². The second-order valence-corrected chi connectivity index (χ2v) is 8.78. The zero-order chi connectivity index (χ0) is 15.6. The minimum Gasteiger partial charge on any atom is -0.198 e. The Labute approximate surface area is 137 Å². The second-order valence-electron chi connectivity index (χ2n) is 8.78. The fourth-order valence-electron chi connectivity index (χ4n) is 6.56. The maximum Gasteiger partial charge on any atom is 0.0689 e. The van der Waals surface area contributed by atoms with Crippen molar-refractivity contribution in [3.8, 4) is 6.07 Å². The van der Waals surface area contributed by atoms with Gasteiger partial charge in [-0.1, -0.05) is 39.5 Å². The molecule has 3 fully saturated rings. The van der Waals surface area contributed by atoms with E-state index in [9.17, 15) is 5.26 Å². The zero-order valence-corrected chi connectivity index (χ0v) is 14.8. The van der Waals surface area contributed by atoms with Gasteiger partial charge in [-0.3, -0.25) is 0 Å². The van der Waals surface area contributed by atoms with Gasteiger partial charge in [-0.05, 0) is 81.0 Å². The average Bonchev–Trinajstić information content (AvgIpc) is 2.55. The standard InChI is InChI=1S/C21H35N/c1-3-5-16-6-9-19-17(13-16)7-8-18-14-21(15-22,11-4-2)12-10-20(18)19/h16-20H,3-14H2,1-2H3/t16-,17?,18?,19?,20?,21+/m0/s1. The van der Waals surface area contributed by atoms with E-state index in [2.05, 4.69) is 19.9 Å². The molecule has 3 saturated carbocycles. The minimum absolute atomic E-state index is 0.0438. The third-order valence-electron chi connectivity index (χ3n) is 7.49. The Morgan fingerprint density at radius 1 is 0.955 bits per heavy atom. The van der Waals surface area contributed by atoms with Crippen LogP contribution in [0, 0.1) is 46.3 Å². The van der Waals surface area contributed by atoms with Gasteiger partial charge in [0, 0.05) is 0 Å². The quantitative estimate of drug-likeness (QED) is 0.594. The highest BCUT2D eigenvalue weighted by atomic mass is 14.5. The third-order valence-corrected chi connectivity index (χ3v) is 7.49. The first-order chi connectivity index (χ1) is 10.7. The maximum absolute atomic E-state index is 9.74. The lowest BCUT2D eigenvalue weighted by Gasteiger charge is -2.52. The van der Waals surface area contributed by atoms with E-state index in [4.69, 9.17) is 0 Å². The van der Waals surface area contributed by atoms with E-state index in [1.54, 1.807) is 0 Å². The predicted molar refractivity (Wildman–Crippen MR) is 92.2 cm³/mol. The molecule has 0 aliphatic heterocycles. The van der Waals surface area contributed by atoms with Crippen molar-refractivity contribution in [2.45, 2.75) is 90.9 Å². The monoisotopic (exact) mass is 301 g/mol. The zero-order valence-electron chi connectivity index (χ0n) is 14.8. The molecule has 0 heterocycles. The number of fused-ring (bicyclic) bond motifs is 3. The van der Waals surface area contributed by atoms with Crippen LogP contribution < -0.4 is 0 Å². The summed E-state index contributed by atoms with van der Waals surface area (Å²) < 4.78 is 0. The molecule has 6 atom stereocenters. The van der Waals surface area contributed by atoms with Gasteiger partial charge in [0.05, 0.1) is 11.5 Å². The van der Waals surface area contributed by atoms with Crippen LogP contribution in [-0.4, -0.2) is 0 Å². The normalized spacial score (nSPS) is 44.7. The van der Waals surface area contributed by atoms with Crippen LogP contribution in [-0.2, 0) is 0 Å². The van der Waals surface area contributed by atoms with Gasteiger partial charge in [0.25, 0.3) is 0 Å². The van der Waals surface area contributed by atoms with Crippen molar-refractivity contribution in [2.75, 3.05) is 0 Å². The van der Waals surface area contributed by atoms with Crippen molar-refractivity contribution in [3.63, 3.8) is 0 Å². The fraction of sp³-hybridized carbons (Fsp3) is 0.952. The van der Waals surface area contributed by atoms with Crippen molar-refractivity contribution in [1.29, 1.82) is 5.26 Å². The van der Waals surface area contributed by atoms with E-state index < -0.39 is 0 Å². The smallest absolute Gasteiger partial charge is 0.0689 e. The largest absolute Gasteiger partial charge is 0.198 e. The van der Waals surface area contributed by atoms with E-state index >= 15 is 0 Å². The highest BCUT2D eigenvalue weighted by molar-refractivity contribution is 5.06. The Morgan fingerprint density at radius 2 is 1.73 bits per heavy atom. The molecule has 4 unspecified atom stereocenters. The predicted octanol–water partition coefficient (Wildman–Crippen LogP) is 6.34. The van der Waals surface area contributed by atoms with Crippen LogP contribution in [0.2, 0.25) is 0 Å².